The number of nitrogens with zero attached hydrogens (tertiary/aromatic N) is 1. The van der Waals surface area contributed by atoms with Crippen molar-refractivity contribution >= 4 is 45.9 Å². The van der Waals surface area contributed by atoms with Crippen LogP contribution in [0, 0.1) is 0 Å². The lowest BCUT2D eigenvalue weighted by molar-refractivity contribution is -0.133. The average molecular weight is 485 g/mol. The molecule has 0 bridgehead atoms. The van der Waals surface area contributed by atoms with Gasteiger partial charge in [-0.2, -0.15) is 0 Å². The average Bonchev–Trinajstić information content (AvgIpc) is 2.83. The molecule has 3 N–H and O–H groups in total. The molecule has 0 unspecified atom stereocenters. The van der Waals surface area contributed by atoms with Crippen molar-refractivity contribution in [1.29, 1.82) is 0 Å². The molecule has 3 aromatic rings. The summed E-state index contributed by atoms with van der Waals surface area (Å²) >= 11 is 6.21. The quantitative estimate of drug-likeness (QED) is 0.431. The van der Waals surface area contributed by atoms with Crippen LogP contribution in [0.1, 0.15) is 24.2 Å². The van der Waals surface area contributed by atoms with Crippen LogP contribution in [0.5, 0.6) is 5.75 Å². The zero-order valence-electron chi connectivity index (χ0n) is 18.8. The molecule has 0 aliphatic heterocycles. The van der Waals surface area contributed by atoms with Gasteiger partial charge in [-0.15, -0.1) is 0 Å². The summed E-state index contributed by atoms with van der Waals surface area (Å²) in [6.45, 7) is 4.45. The number of rotatable bonds is 9. The van der Waals surface area contributed by atoms with E-state index in [2.05, 4.69) is 15.6 Å². The van der Waals surface area contributed by atoms with E-state index >= 15 is 0 Å². The first kappa shape index (κ1) is 24.8. The molecule has 1 heterocycles. The van der Waals surface area contributed by atoms with E-state index in [9.17, 15) is 19.2 Å². The number of carbonyl (C=O) groups is 3. The molecule has 2 aromatic carbocycles. The number of aromatic amines is 1. The molecule has 0 saturated heterocycles. The van der Waals surface area contributed by atoms with Gasteiger partial charge in [0.15, 0.2) is 6.61 Å². The summed E-state index contributed by atoms with van der Waals surface area (Å²) in [5.74, 6) is -1.02. The molecule has 0 aliphatic rings. The number of anilines is 1. The van der Waals surface area contributed by atoms with Gasteiger partial charge in [0, 0.05) is 35.9 Å². The summed E-state index contributed by atoms with van der Waals surface area (Å²) in [6, 6.07) is 11.4. The standard InChI is InChI=1S/C24H25ClN4O5/c1-3-29(4-2)22(31)14-34-20-10-9-15(11-18(20)25)28-21(30)13-27-24(33)17-12-26-19-8-6-5-7-16(19)23(17)32/h5-12H,3-4,13-14H2,1-2H3,(H,26,32)(H,27,33)(H,28,30). The maximum Gasteiger partial charge on any atom is 0.260 e. The molecular weight excluding hydrogens is 460 g/mol. The van der Waals surface area contributed by atoms with Gasteiger partial charge in [0.05, 0.1) is 11.6 Å². The highest BCUT2D eigenvalue weighted by Crippen LogP contribution is 2.27. The summed E-state index contributed by atoms with van der Waals surface area (Å²) in [7, 11) is 0. The van der Waals surface area contributed by atoms with Gasteiger partial charge in [-0.05, 0) is 44.2 Å². The number of aromatic nitrogens is 1. The number of amides is 3. The minimum absolute atomic E-state index is 0.0877. The zero-order valence-corrected chi connectivity index (χ0v) is 19.6. The van der Waals surface area contributed by atoms with E-state index in [-0.39, 0.29) is 29.6 Å². The highest BCUT2D eigenvalue weighted by atomic mass is 35.5. The Morgan fingerprint density at radius 3 is 2.53 bits per heavy atom. The smallest absolute Gasteiger partial charge is 0.260 e. The molecule has 0 fully saturated rings. The van der Waals surface area contributed by atoms with E-state index in [1.807, 2.05) is 13.8 Å². The molecule has 0 radical (unpaired) electrons. The van der Waals surface area contributed by atoms with E-state index in [4.69, 9.17) is 16.3 Å². The van der Waals surface area contributed by atoms with Gasteiger partial charge in [-0.25, -0.2) is 0 Å². The number of para-hydroxylation sites is 1. The van der Waals surface area contributed by atoms with Crippen molar-refractivity contribution in [2.45, 2.75) is 13.8 Å². The summed E-state index contributed by atoms with van der Waals surface area (Å²) in [5.41, 5.74) is 0.489. The topological polar surface area (TPSA) is 121 Å². The minimum Gasteiger partial charge on any atom is -0.482 e. The Morgan fingerprint density at radius 1 is 1.09 bits per heavy atom. The van der Waals surface area contributed by atoms with E-state index in [1.165, 1.54) is 12.3 Å². The normalized spacial score (nSPS) is 10.6. The summed E-state index contributed by atoms with van der Waals surface area (Å²) in [4.78, 5) is 53.8. The van der Waals surface area contributed by atoms with E-state index in [0.717, 1.165) is 0 Å². The molecule has 3 amide bonds. The number of likely N-dealkylation sites (N-methyl/N-ethyl adjacent to an activating group) is 1. The van der Waals surface area contributed by atoms with Crippen LogP contribution in [0.15, 0.2) is 53.5 Å². The Hall–Kier alpha value is -3.85. The van der Waals surface area contributed by atoms with Gasteiger partial charge >= 0.3 is 0 Å². The molecule has 0 atom stereocenters. The lowest BCUT2D eigenvalue weighted by atomic mass is 10.1. The highest BCUT2D eigenvalue weighted by Gasteiger charge is 2.15. The van der Waals surface area contributed by atoms with Crippen LogP contribution in [0.4, 0.5) is 5.69 Å². The molecule has 0 saturated carbocycles. The molecule has 3 rings (SSSR count). The van der Waals surface area contributed by atoms with Gasteiger partial charge in [-0.3, -0.25) is 19.2 Å². The third-order valence-corrected chi connectivity index (χ3v) is 5.42. The largest absolute Gasteiger partial charge is 0.482 e. The number of halogens is 1. The van der Waals surface area contributed by atoms with Crippen molar-refractivity contribution in [1.82, 2.24) is 15.2 Å². The second-order valence-corrected chi connectivity index (χ2v) is 7.72. The van der Waals surface area contributed by atoms with Crippen molar-refractivity contribution in [3.8, 4) is 5.75 Å². The van der Waals surface area contributed by atoms with E-state index < -0.39 is 17.2 Å². The number of fused-ring (bicyclic) bond motifs is 1. The number of H-pyrrole nitrogens is 1. The lowest BCUT2D eigenvalue weighted by Gasteiger charge is -2.19. The van der Waals surface area contributed by atoms with E-state index in [0.29, 0.717) is 35.4 Å². The number of hydrogen-bond donors (Lipinski definition) is 3. The van der Waals surface area contributed by atoms with E-state index in [1.54, 1.807) is 41.3 Å². The number of nitrogens with one attached hydrogen (secondary N) is 3. The van der Waals surface area contributed by atoms with Crippen LogP contribution in [-0.2, 0) is 9.59 Å². The SMILES string of the molecule is CCN(CC)C(=O)COc1ccc(NC(=O)CNC(=O)c2c[nH]c3ccccc3c2=O)cc1Cl. The first-order valence-corrected chi connectivity index (χ1v) is 11.1. The fraction of sp³-hybridized carbons (Fsp3) is 0.250. The van der Waals surface area contributed by atoms with Crippen LogP contribution in [0.25, 0.3) is 10.9 Å². The number of carbonyl (C=O) groups excluding carboxylic acids is 3. The fourth-order valence-corrected chi connectivity index (χ4v) is 3.53. The molecular formula is C24H25ClN4O5. The Morgan fingerprint density at radius 2 is 1.82 bits per heavy atom. The summed E-state index contributed by atoms with van der Waals surface area (Å²) in [5, 5.41) is 5.65. The Labute approximate surface area is 201 Å². The van der Waals surface area contributed by atoms with Crippen molar-refractivity contribution < 1.29 is 19.1 Å². The number of ether oxygens (including phenoxy) is 1. The zero-order chi connectivity index (χ0) is 24.7. The molecule has 0 aliphatic carbocycles. The van der Waals surface area contributed by atoms with Gasteiger partial charge < -0.3 is 25.3 Å². The number of hydrogen-bond acceptors (Lipinski definition) is 5. The molecule has 1 aromatic heterocycles. The predicted octanol–water partition coefficient (Wildman–Crippen LogP) is 2.80. The molecule has 178 valence electrons. The predicted molar refractivity (Wildman–Crippen MR) is 130 cm³/mol. The first-order valence-electron chi connectivity index (χ1n) is 10.7. The molecule has 0 spiro atoms. The Bertz CT molecular complexity index is 1270. The Balaban J connectivity index is 1.55. The second kappa shape index (κ2) is 11.3. The first-order chi connectivity index (χ1) is 16.3. The minimum atomic E-state index is -0.665. The van der Waals surface area contributed by atoms with Gasteiger partial charge in [0.1, 0.15) is 11.3 Å². The summed E-state index contributed by atoms with van der Waals surface area (Å²) in [6.07, 6.45) is 1.32. The van der Waals surface area contributed by atoms with Crippen LogP contribution in [0.2, 0.25) is 5.02 Å². The number of benzene rings is 2. The lowest BCUT2D eigenvalue weighted by Crippen LogP contribution is -2.35. The maximum atomic E-state index is 12.5. The molecule has 9 nitrogen and oxygen atoms in total. The van der Waals surface area contributed by atoms with Gasteiger partial charge in [0.25, 0.3) is 11.8 Å². The second-order valence-electron chi connectivity index (χ2n) is 7.31. The molecule has 10 heteroatoms. The van der Waals surface area contributed by atoms with Crippen molar-refractivity contribution in [3.63, 3.8) is 0 Å². The number of pyridine rings is 1. The highest BCUT2D eigenvalue weighted by molar-refractivity contribution is 6.32. The maximum absolute atomic E-state index is 12.5. The molecule has 34 heavy (non-hydrogen) atoms. The van der Waals surface area contributed by atoms with Gasteiger partial charge in [0.2, 0.25) is 11.3 Å². The summed E-state index contributed by atoms with van der Waals surface area (Å²) < 4.78 is 5.49. The van der Waals surface area contributed by atoms with Crippen molar-refractivity contribution in [2.75, 3.05) is 31.6 Å². The fourth-order valence-electron chi connectivity index (χ4n) is 3.30. The Kier molecular flexibility index (Phi) is 8.26. The van der Waals surface area contributed by atoms with Crippen molar-refractivity contribution in [3.05, 3.63) is 69.5 Å². The van der Waals surface area contributed by atoms with Crippen LogP contribution in [0.3, 0.4) is 0 Å². The monoisotopic (exact) mass is 484 g/mol. The third-order valence-electron chi connectivity index (χ3n) is 5.13. The van der Waals surface area contributed by atoms with Crippen LogP contribution in [-0.4, -0.2) is 53.8 Å². The van der Waals surface area contributed by atoms with Gasteiger partial charge in [-0.1, -0.05) is 23.7 Å². The third kappa shape index (κ3) is 5.93. The van der Waals surface area contributed by atoms with Crippen LogP contribution < -0.4 is 20.8 Å². The van der Waals surface area contributed by atoms with Crippen molar-refractivity contribution in [2.24, 2.45) is 0 Å². The van der Waals surface area contributed by atoms with Crippen LogP contribution >= 0.6 is 11.6 Å².